The van der Waals surface area contributed by atoms with E-state index >= 15 is 0 Å². The van der Waals surface area contributed by atoms with E-state index in [4.69, 9.17) is 0 Å². The van der Waals surface area contributed by atoms with Gasteiger partial charge in [-0.2, -0.15) is 5.10 Å². The number of rotatable bonds is 6. The third-order valence-corrected chi connectivity index (χ3v) is 5.50. The van der Waals surface area contributed by atoms with E-state index in [9.17, 15) is 9.59 Å². The fourth-order valence-corrected chi connectivity index (χ4v) is 3.95. The highest BCUT2D eigenvalue weighted by molar-refractivity contribution is 7.99. The van der Waals surface area contributed by atoms with Crippen LogP contribution in [0.2, 0.25) is 0 Å². The van der Waals surface area contributed by atoms with Crippen molar-refractivity contribution in [2.24, 2.45) is 7.05 Å². The van der Waals surface area contributed by atoms with Gasteiger partial charge in [0, 0.05) is 12.7 Å². The van der Waals surface area contributed by atoms with Crippen molar-refractivity contribution < 1.29 is 4.79 Å². The van der Waals surface area contributed by atoms with Gasteiger partial charge in [0.1, 0.15) is 5.52 Å². The maximum Gasteiger partial charge on any atom is 0.282 e. The molecule has 0 unspecified atom stereocenters. The molecule has 8 heteroatoms. The molecule has 4 aromatic rings. The van der Waals surface area contributed by atoms with Gasteiger partial charge in [0.25, 0.3) is 5.56 Å². The number of anilines is 1. The molecule has 0 spiro atoms. The van der Waals surface area contributed by atoms with Crippen LogP contribution < -0.4 is 10.9 Å². The number of hydrogen-bond donors (Lipinski definition) is 1. The molecule has 4 rings (SSSR count). The van der Waals surface area contributed by atoms with Crippen LogP contribution in [0.15, 0.2) is 70.7 Å². The normalized spacial score (nSPS) is 11.0. The van der Waals surface area contributed by atoms with Crippen molar-refractivity contribution in [3.63, 3.8) is 0 Å². The summed E-state index contributed by atoms with van der Waals surface area (Å²) >= 11 is 1.24. The number of carbonyl (C=O) groups is 1. The first-order chi connectivity index (χ1) is 14.5. The van der Waals surface area contributed by atoms with E-state index < -0.39 is 0 Å². The average Bonchev–Trinajstić information content (AvgIpc) is 3.10. The highest BCUT2D eigenvalue weighted by Crippen LogP contribution is 2.19. The van der Waals surface area contributed by atoms with Crippen molar-refractivity contribution >= 4 is 34.4 Å². The molecule has 0 saturated carbocycles. The van der Waals surface area contributed by atoms with E-state index in [0.717, 1.165) is 16.8 Å². The van der Waals surface area contributed by atoms with Crippen LogP contribution in [-0.4, -0.2) is 31.0 Å². The summed E-state index contributed by atoms with van der Waals surface area (Å²) in [5.74, 6) is -0.0154. The van der Waals surface area contributed by atoms with E-state index in [2.05, 4.69) is 15.4 Å². The molecule has 0 bridgehead atoms. The number of amides is 1. The van der Waals surface area contributed by atoms with Crippen molar-refractivity contribution in [2.75, 3.05) is 11.1 Å². The minimum Gasteiger partial charge on any atom is -0.325 e. The lowest BCUT2D eigenvalue weighted by Crippen LogP contribution is -2.25. The quantitative estimate of drug-likeness (QED) is 0.383. The van der Waals surface area contributed by atoms with Gasteiger partial charge >= 0.3 is 0 Å². The van der Waals surface area contributed by atoms with Crippen LogP contribution in [0.4, 0.5) is 5.69 Å². The molecule has 0 radical (unpaired) electrons. The zero-order valence-corrected chi connectivity index (χ0v) is 17.5. The van der Waals surface area contributed by atoms with Gasteiger partial charge in [0.15, 0.2) is 10.7 Å². The Hall–Kier alpha value is -3.39. The maximum absolute atomic E-state index is 13.1. The smallest absolute Gasteiger partial charge is 0.282 e. The van der Waals surface area contributed by atoms with Crippen molar-refractivity contribution in [3.8, 4) is 0 Å². The highest BCUT2D eigenvalue weighted by Gasteiger charge is 2.16. The molecule has 2 aromatic heterocycles. The number of aryl methyl sites for hydroxylation is 2. The summed E-state index contributed by atoms with van der Waals surface area (Å²) < 4.78 is 3.15. The van der Waals surface area contributed by atoms with Crippen LogP contribution in [0.5, 0.6) is 0 Å². The van der Waals surface area contributed by atoms with Gasteiger partial charge in [0.2, 0.25) is 5.91 Å². The fourth-order valence-electron chi connectivity index (χ4n) is 3.15. The molecular weight excluding hydrogens is 398 g/mol. The van der Waals surface area contributed by atoms with Crippen molar-refractivity contribution in [1.82, 2.24) is 19.3 Å². The summed E-state index contributed by atoms with van der Waals surface area (Å²) in [5.41, 5.74) is 3.42. The van der Waals surface area contributed by atoms with Gasteiger partial charge in [-0.25, -0.2) is 4.98 Å². The lowest BCUT2D eigenvalue weighted by Gasteiger charge is -2.12. The Bertz CT molecular complexity index is 1260. The average molecular weight is 420 g/mol. The van der Waals surface area contributed by atoms with Crippen molar-refractivity contribution in [1.29, 1.82) is 0 Å². The van der Waals surface area contributed by atoms with E-state index in [1.165, 1.54) is 11.8 Å². The van der Waals surface area contributed by atoms with Gasteiger partial charge in [-0.1, -0.05) is 54.2 Å². The fraction of sp³-hybridized carbons (Fsp3) is 0.182. The van der Waals surface area contributed by atoms with Gasteiger partial charge in [-0.15, -0.1) is 0 Å². The van der Waals surface area contributed by atoms with E-state index in [1.54, 1.807) is 22.5 Å². The molecule has 152 valence electrons. The van der Waals surface area contributed by atoms with Crippen LogP contribution in [-0.2, 0) is 18.4 Å². The topological polar surface area (TPSA) is 81.8 Å². The Balaban J connectivity index is 1.60. The van der Waals surface area contributed by atoms with Crippen LogP contribution in [0.25, 0.3) is 11.0 Å². The summed E-state index contributed by atoms with van der Waals surface area (Å²) in [5, 5.41) is 7.62. The Kier molecular flexibility index (Phi) is 5.67. The van der Waals surface area contributed by atoms with Crippen LogP contribution in [0, 0.1) is 6.92 Å². The summed E-state index contributed by atoms with van der Waals surface area (Å²) in [6.45, 7) is 2.33. The summed E-state index contributed by atoms with van der Waals surface area (Å²) in [7, 11) is 1.75. The number of fused-ring (bicyclic) bond motifs is 1. The maximum atomic E-state index is 13.1. The molecule has 0 fully saturated rings. The first kappa shape index (κ1) is 19.9. The third kappa shape index (κ3) is 4.44. The molecule has 7 nitrogen and oxygen atoms in total. The zero-order chi connectivity index (χ0) is 21.1. The number of thioether (sulfide) groups is 1. The molecule has 0 saturated heterocycles. The molecular formula is C22H21N5O2S. The molecule has 0 aliphatic heterocycles. The monoisotopic (exact) mass is 419 g/mol. The third-order valence-electron chi connectivity index (χ3n) is 4.52. The van der Waals surface area contributed by atoms with Crippen LogP contribution >= 0.6 is 11.8 Å². The van der Waals surface area contributed by atoms with E-state index in [1.807, 2.05) is 61.5 Å². The number of benzene rings is 2. The van der Waals surface area contributed by atoms with Crippen molar-refractivity contribution in [3.05, 3.63) is 82.3 Å². The molecule has 1 amide bonds. The molecule has 0 aliphatic carbocycles. The van der Waals surface area contributed by atoms with Gasteiger partial charge in [-0.05, 0) is 30.2 Å². The molecule has 0 aliphatic rings. The van der Waals surface area contributed by atoms with Gasteiger partial charge in [0.05, 0.1) is 18.5 Å². The summed E-state index contributed by atoms with van der Waals surface area (Å²) in [6.07, 6.45) is 1.71. The van der Waals surface area contributed by atoms with Gasteiger partial charge in [-0.3, -0.25) is 18.8 Å². The predicted molar refractivity (Wildman–Crippen MR) is 119 cm³/mol. The van der Waals surface area contributed by atoms with E-state index in [0.29, 0.717) is 22.7 Å². The first-order valence-electron chi connectivity index (χ1n) is 9.47. The number of hydrogen-bond acceptors (Lipinski definition) is 5. The molecule has 1 N–H and O–H groups in total. The largest absolute Gasteiger partial charge is 0.325 e. The van der Waals surface area contributed by atoms with Crippen LogP contribution in [0.3, 0.4) is 0 Å². The Labute approximate surface area is 177 Å². The summed E-state index contributed by atoms with van der Waals surface area (Å²) in [6, 6.07) is 17.3. The van der Waals surface area contributed by atoms with Crippen molar-refractivity contribution in [2.45, 2.75) is 18.6 Å². The predicted octanol–water partition coefficient (Wildman–Crippen LogP) is 3.22. The Morgan fingerprint density at radius 1 is 1.13 bits per heavy atom. The minimum absolute atomic E-state index is 0.140. The molecule has 2 heterocycles. The van der Waals surface area contributed by atoms with Crippen LogP contribution in [0.1, 0.15) is 11.1 Å². The standard InChI is InChI=1S/C22H21N5O2S/c1-15-7-6-10-17(11-15)23-19(28)14-30-22-24-18-13-26(2)25-20(18)21(29)27(22)12-16-8-4-3-5-9-16/h3-11,13H,12,14H2,1-2H3,(H,23,28). The number of nitrogens with zero attached hydrogens (tertiary/aromatic N) is 4. The highest BCUT2D eigenvalue weighted by atomic mass is 32.2. The zero-order valence-electron chi connectivity index (χ0n) is 16.7. The van der Waals surface area contributed by atoms with Gasteiger partial charge < -0.3 is 5.32 Å². The molecule has 30 heavy (non-hydrogen) atoms. The Morgan fingerprint density at radius 2 is 1.93 bits per heavy atom. The number of carbonyl (C=O) groups excluding carboxylic acids is 1. The second kappa shape index (κ2) is 8.54. The molecule has 2 aromatic carbocycles. The van der Waals surface area contributed by atoms with E-state index in [-0.39, 0.29) is 17.2 Å². The second-order valence-corrected chi connectivity index (χ2v) is 7.96. The lowest BCUT2D eigenvalue weighted by atomic mass is 10.2. The minimum atomic E-state index is -0.217. The molecule has 0 atom stereocenters. The number of aromatic nitrogens is 4. The first-order valence-corrected chi connectivity index (χ1v) is 10.5. The second-order valence-electron chi connectivity index (χ2n) is 7.01. The SMILES string of the molecule is Cc1cccc(NC(=O)CSc2nc3cn(C)nc3c(=O)n2Cc2ccccc2)c1. The number of nitrogens with one attached hydrogen (secondary N) is 1. The summed E-state index contributed by atoms with van der Waals surface area (Å²) in [4.78, 5) is 30.1. The Morgan fingerprint density at radius 3 is 2.70 bits per heavy atom. The lowest BCUT2D eigenvalue weighted by molar-refractivity contribution is -0.113.